The van der Waals surface area contributed by atoms with E-state index in [2.05, 4.69) is 10.2 Å². The Morgan fingerprint density at radius 2 is 1.62 bits per heavy atom. The first-order valence-corrected chi connectivity index (χ1v) is 10.0. The fourth-order valence-corrected chi connectivity index (χ4v) is 3.58. The van der Waals surface area contributed by atoms with E-state index in [4.69, 9.17) is 4.42 Å². The Morgan fingerprint density at radius 3 is 2.16 bits per heavy atom. The van der Waals surface area contributed by atoms with Gasteiger partial charge in [-0.05, 0) is 36.5 Å². The number of alkyl halides is 6. The molecule has 1 aliphatic heterocycles. The Morgan fingerprint density at radius 1 is 1.03 bits per heavy atom. The highest BCUT2D eigenvalue weighted by Crippen LogP contribution is 2.37. The first-order chi connectivity index (χ1) is 14.6. The molecule has 1 fully saturated rings. The summed E-state index contributed by atoms with van der Waals surface area (Å²) in [6, 6.07) is 0.912. The van der Waals surface area contributed by atoms with Crippen LogP contribution < -0.4 is 0 Å². The van der Waals surface area contributed by atoms with Crippen LogP contribution >= 0.6 is 0 Å². The first kappa shape index (κ1) is 24.1. The molecular formula is C21H23F6N3O2. The molecule has 0 saturated carbocycles. The number of halogens is 6. The van der Waals surface area contributed by atoms with Crippen molar-refractivity contribution in [1.29, 1.82) is 0 Å². The molecule has 2 aromatic rings. The van der Waals surface area contributed by atoms with Gasteiger partial charge in [-0.15, -0.1) is 10.2 Å². The molecule has 0 N–H and O–H groups in total. The highest BCUT2D eigenvalue weighted by atomic mass is 19.4. The molecular weight excluding hydrogens is 440 g/mol. The Bertz CT molecular complexity index is 943. The Balaban J connectivity index is 1.83. The van der Waals surface area contributed by atoms with Crippen molar-refractivity contribution in [3.8, 4) is 0 Å². The summed E-state index contributed by atoms with van der Waals surface area (Å²) >= 11 is 0. The van der Waals surface area contributed by atoms with Gasteiger partial charge in [0.15, 0.2) is 0 Å². The number of nitrogens with zero attached hydrogens (tertiary/aromatic N) is 3. The Labute approximate surface area is 180 Å². The monoisotopic (exact) mass is 463 g/mol. The fourth-order valence-electron chi connectivity index (χ4n) is 3.58. The highest BCUT2D eigenvalue weighted by molar-refractivity contribution is 5.94. The zero-order valence-corrected chi connectivity index (χ0v) is 17.8. The molecule has 3 rings (SSSR count). The van der Waals surface area contributed by atoms with E-state index in [1.165, 1.54) is 4.90 Å². The molecule has 1 unspecified atom stereocenters. The lowest BCUT2D eigenvalue weighted by Crippen LogP contribution is -2.39. The molecule has 176 valence electrons. The minimum absolute atomic E-state index is 0.00494. The molecule has 1 aromatic carbocycles. The van der Waals surface area contributed by atoms with Gasteiger partial charge in [-0.3, -0.25) is 4.79 Å². The van der Waals surface area contributed by atoms with Crippen LogP contribution in [0.1, 0.15) is 72.8 Å². The minimum Gasteiger partial charge on any atom is -0.425 e. The van der Waals surface area contributed by atoms with Crippen LogP contribution in [-0.4, -0.2) is 34.1 Å². The summed E-state index contributed by atoms with van der Waals surface area (Å²) < 4.78 is 84.5. The molecule has 1 atom stereocenters. The van der Waals surface area contributed by atoms with E-state index in [-0.39, 0.29) is 30.5 Å². The third-order valence-corrected chi connectivity index (χ3v) is 5.06. The SMILES string of the molecule is CC(C)(C)Cc1nnc(C2CCCN(C(=O)c3cc(C(F)(F)F)cc(C(F)(F)F)c3)C2)o1. The number of carbonyl (C=O) groups is 1. The van der Waals surface area contributed by atoms with Gasteiger partial charge in [0.25, 0.3) is 5.91 Å². The number of carbonyl (C=O) groups excluding carboxylic acids is 1. The van der Waals surface area contributed by atoms with Crippen LogP contribution in [0.2, 0.25) is 0 Å². The van der Waals surface area contributed by atoms with E-state index in [0.29, 0.717) is 43.2 Å². The van der Waals surface area contributed by atoms with Crippen LogP contribution in [0.15, 0.2) is 22.6 Å². The van der Waals surface area contributed by atoms with E-state index in [1.807, 2.05) is 20.8 Å². The van der Waals surface area contributed by atoms with Gasteiger partial charge in [0, 0.05) is 25.1 Å². The van der Waals surface area contributed by atoms with Crippen molar-refractivity contribution >= 4 is 5.91 Å². The lowest BCUT2D eigenvalue weighted by atomic mass is 9.92. The highest BCUT2D eigenvalue weighted by Gasteiger charge is 2.38. The normalized spacial score (nSPS) is 18.2. The summed E-state index contributed by atoms with van der Waals surface area (Å²) in [7, 11) is 0. The molecule has 1 saturated heterocycles. The summed E-state index contributed by atoms with van der Waals surface area (Å²) in [6.07, 6.45) is -8.39. The first-order valence-electron chi connectivity index (χ1n) is 10.0. The van der Waals surface area contributed by atoms with Crippen LogP contribution in [-0.2, 0) is 18.8 Å². The zero-order valence-electron chi connectivity index (χ0n) is 17.8. The zero-order chi connectivity index (χ0) is 23.9. The van der Waals surface area contributed by atoms with Crippen molar-refractivity contribution in [2.45, 2.75) is 58.3 Å². The average molecular weight is 463 g/mol. The summed E-state index contributed by atoms with van der Waals surface area (Å²) in [5, 5.41) is 8.04. The molecule has 0 bridgehead atoms. The number of hydrogen-bond acceptors (Lipinski definition) is 4. The Kier molecular flexibility index (Phi) is 6.32. The number of benzene rings is 1. The van der Waals surface area contributed by atoms with E-state index in [1.54, 1.807) is 0 Å². The number of aromatic nitrogens is 2. The van der Waals surface area contributed by atoms with Crippen molar-refractivity contribution in [2.24, 2.45) is 5.41 Å². The minimum atomic E-state index is -5.02. The lowest BCUT2D eigenvalue weighted by molar-refractivity contribution is -0.143. The molecule has 1 amide bonds. The quantitative estimate of drug-likeness (QED) is 0.547. The van der Waals surface area contributed by atoms with E-state index in [0.717, 1.165) is 0 Å². The molecule has 5 nitrogen and oxygen atoms in total. The second kappa shape index (κ2) is 8.40. The molecule has 2 heterocycles. The van der Waals surface area contributed by atoms with Crippen molar-refractivity contribution < 1.29 is 35.6 Å². The van der Waals surface area contributed by atoms with Gasteiger partial charge in [-0.2, -0.15) is 26.3 Å². The molecule has 32 heavy (non-hydrogen) atoms. The molecule has 1 aromatic heterocycles. The molecule has 0 radical (unpaired) electrons. The predicted molar refractivity (Wildman–Crippen MR) is 102 cm³/mol. The van der Waals surface area contributed by atoms with Crippen LogP contribution in [0.3, 0.4) is 0 Å². The van der Waals surface area contributed by atoms with Gasteiger partial charge in [-0.1, -0.05) is 20.8 Å². The van der Waals surface area contributed by atoms with Crippen LogP contribution in [0.25, 0.3) is 0 Å². The van der Waals surface area contributed by atoms with Gasteiger partial charge in [0.1, 0.15) is 0 Å². The topological polar surface area (TPSA) is 59.2 Å². The van der Waals surface area contributed by atoms with Crippen molar-refractivity contribution in [3.63, 3.8) is 0 Å². The standard InChI is InChI=1S/C21H23F6N3O2/c1-19(2,3)10-16-28-29-17(32-16)12-5-4-6-30(11-12)18(31)13-7-14(20(22,23)24)9-15(8-13)21(25,26)27/h7-9,12H,4-6,10-11H2,1-3H3. The summed E-state index contributed by atoms with van der Waals surface area (Å²) in [5.41, 5.74) is -3.79. The van der Waals surface area contributed by atoms with Crippen molar-refractivity contribution in [3.05, 3.63) is 46.7 Å². The predicted octanol–water partition coefficient (Wildman–Crippen LogP) is 5.72. The molecule has 1 aliphatic rings. The third-order valence-electron chi connectivity index (χ3n) is 5.06. The van der Waals surface area contributed by atoms with Gasteiger partial charge in [0.05, 0.1) is 17.0 Å². The molecule has 0 aliphatic carbocycles. The smallest absolute Gasteiger partial charge is 0.416 e. The van der Waals surface area contributed by atoms with Crippen LogP contribution in [0.5, 0.6) is 0 Å². The van der Waals surface area contributed by atoms with Crippen molar-refractivity contribution in [2.75, 3.05) is 13.1 Å². The maximum Gasteiger partial charge on any atom is 0.416 e. The largest absolute Gasteiger partial charge is 0.425 e. The van der Waals surface area contributed by atoms with Crippen molar-refractivity contribution in [1.82, 2.24) is 15.1 Å². The third kappa shape index (κ3) is 5.80. The number of likely N-dealkylation sites (tertiary alicyclic amines) is 1. The summed E-state index contributed by atoms with van der Waals surface area (Å²) in [4.78, 5) is 14.1. The fraction of sp³-hybridized carbons (Fsp3) is 0.571. The average Bonchev–Trinajstić information content (AvgIpc) is 3.12. The van der Waals surface area contributed by atoms with E-state index in [9.17, 15) is 31.1 Å². The van der Waals surface area contributed by atoms with Gasteiger partial charge in [-0.25, -0.2) is 0 Å². The maximum atomic E-state index is 13.1. The van der Waals surface area contributed by atoms with Gasteiger partial charge >= 0.3 is 12.4 Å². The van der Waals surface area contributed by atoms with E-state index < -0.39 is 35.0 Å². The Hall–Kier alpha value is -2.59. The summed E-state index contributed by atoms with van der Waals surface area (Å²) in [6.45, 7) is 6.27. The van der Waals surface area contributed by atoms with Crippen LogP contribution in [0.4, 0.5) is 26.3 Å². The number of piperidine rings is 1. The van der Waals surface area contributed by atoms with E-state index >= 15 is 0 Å². The number of amides is 1. The second-order valence-electron chi connectivity index (χ2n) is 9.16. The maximum absolute atomic E-state index is 13.1. The second-order valence-corrected chi connectivity index (χ2v) is 9.16. The lowest BCUT2D eigenvalue weighted by Gasteiger charge is -2.31. The number of hydrogen-bond donors (Lipinski definition) is 0. The molecule has 11 heteroatoms. The van der Waals surface area contributed by atoms with Gasteiger partial charge < -0.3 is 9.32 Å². The van der Waals surface area contributed by atoms with Crippen LogP contribution in [0, 0.1) is 5.41 Å². The van der Waals surface area contributed by atoms with Gasteiger partial charge in [0.2, 0.25) is 11.8 Å². The summed E-state index contributed by atoms with van der Waals surface area (Å²) in [5.74, 6) is -0.507. The number of rotatable bonds is 3. The molecule has 0 spiro atoms.